The number of hydrogen-bond donors (Lipinski definition) is 0. The summed E-state index contributed by atoms with van der Waals surface area (Å²) in [6.07, 6.45) is 3.80. The highest BCUT2D eigenvalue weighted by atomic mass is 32.2. The van der Waals surface area contributed by atoms with E-state index in [1.807, 2.05) is 27.0 Å². The summed E-state index contributed by atoms with van der Waals surface area (Å²) >= 11 is -1.14. The van der Waals surface area contributed by atoms with Crippen molar-refractivity contribution in [2.24, 2.45) is 10.3 Å². The number of nitrogens with zero attached hydrogens (tertiary/aromatic N) is 1. The van der Waals surface area contributed by atoms with E-state index in [9.17, 15) is 4.55 Å². The van der Waals surface area contributed by atoms with Crippen molar-refractivity contribution < 1.29 is 9.29 Å². The third kappa shape index (κ3) is 4.44. The smallest absolute Gasteiger partial charge is 0.144 e. The SMILES string of the molecule is CC1(C)C[C@H](C=N[S+]([O-])C(C)(C)C)CCO1. The average molecular weight is 245 g/mol. The summed E-state index contributed by atoms with van der Waals surface area (Å²) in [7, 11) is 0. The van der Waals surface area contributed by atoms with Crippen LogP contribution in [-0.4, -0.2) is 27.7 Å². The average Bonchev–Trinajstić information content (AvgIpc) is 2.11. The first-order valence-corrected chi connectivity index (χ1v) is 6.91. The minimum absolute atomic E-state index is 0.0713. The van der Waals surface area contributed by atoms with Gasteiger partial charge in [-0.05, 0) is 47.5 Å². The van der Waals surface area contributed by atoms with Gasteiger partial charge in [-0.2, -0.15) is 0 Å². The van der Waals surface area contributed by atoms with Gasteiger partial charge in [0.1, 0.15) is 16.1 Å². The number of hydrogen-bond acceptors (Lipinski definition) is 3. The van der Waals surface area contributed by atoms with E-state index in [4.69, 9.17) is 4.74 Å². The van der Waals surface area contributed by atoms with Crippen molar-refractivity contribution in [2.75, 3.05) is 6.61 Å². The highest BCUT2D eigenvalue weighted by Crippen LogP contribution is 2.28. The Morgan fingerprint density at radius 1 is 1.44 bits per heavy atom. The standard InChI is InChI=1S/C12H23NO2S/c1-11(2,3)16(14)13-9-10-6-7-15-12(4,5)8-10/h9-10H,6-8H2,1-5H3/t10-,16?/m1/s1. The maximum Gasteiger partial charge on any atom is 0.144 e. The second-order valence-electron chi connectivity index (χ2n) is 5.98. The van der Waals surface area contributed by atoms with Crippen LogP contribution in [0.5, 0.6) is 0 Å². The quantitative estimate of drug-likeness (QED) is 0.554. The van der Waals surface area contributed by atoms with Crippen LogP contribution in [0.25, 0.3) is 0 Å². The fourth-order valence-corrected chi connectivity index (χ4v) is 2.30. The molecule has 1 aliphatic heterocycles. The van der Waals surface area contributed by atoms with Gasteiger partial charge in [-0.25, -0.2) is 0 Å². The van der Waals surface area contributed by atoms with E-state index in [0.29, 0.717) is 5.92 Å². The molecule has 0 aliphatic carbocycles. The van der Waals surface area contributed by atoms with Gasteiger partial charge in [0.2, 0.25) is 0 Å². The molecule has 0 amide bonds. The van der Waals surface area contributed by atoms with Crippen LogP contribution in [0.4, 0.5) is 0 Å². The molecule has 1 aliphatic rings. The molecule has 94 valence electrons. The molecule has 1 fully saturated rings. The van der Waals surface area contributed by atoms with E-state index in [0.717, 1.165) is 19.4 Å². The first-order valence-electron chi connectivity index (χ1n) is 5.81. The topological polar surface area (TPSA) is 44.7 Å². The minimum Gasteiger partial charge on any atom is -0.591 e. The molecule has 0 bridgehead atoms. The van der Waals surface area contributed by atoms with Crippen LogP contribution in [0, 0.1) is 5.92 Å². The lowest BCUT2D eigenvalue weighted by atomic mass is 9.89. The van der Waals surface area contributed by atoms with Gasteiger partial charge in [0.25, 0.3) is 0 Å². The molecule has 1 rings (SSSR count). The lowest BCUT2D eigenvalue weighted by molar-refractivity contribution is -0.0608. The molecule has 0 aromatic heterocycles. The normalized spacial score (nSPS) is 28.2. The molecule has 1 saturated heterocycles. The fraction of sp³-hybridized carbons (Fsp3) is 0.917. The Morgan fingerprint density at radius 2 is 2.06 bits per heavy atom. The molecule has 0 aromatic carbocycles. The summed E-state index contributed by atoms with van der Waals surface area (Å²) in [5.74, 6) is 0.398. The van der Waals surface area contributed by atoms with E-state index in [-0.39, 0.29) is 10.3 Å². The van der Waals surface area contributed by atoms with Crippen molar-refractivity contribution in [1.82, 2.24) is 0 Å². The minimum atomic E-state index is -1.14. The van der Waals surface area contributed by atoms with Crippen molar-refractivity contribution in [2.45, 2.75) is 57.8 Å². The van der Waals surface area contributed by atoms with Crippen LogP contribution in [0.15, 0.2) is 4.40 Å². The summed E-state index contributed by atoms with van der Waals surface area (Å²) in [5, 5.41) is 0. The molecule has 4 heteroatoms. The second kappa shape index (κ2) is 5.07. The molecule has 0 saturated carbocycles. The van der Waals surface area contributed by atoms with Gasteiger partial charge in [0.15, 0.2) is 0 Å². The Bertz CT molecular complexity index is 258. The van der Waals surface area contributed by atoms with Crippen LogP contribution >= 0.6 is 0 Å². The molecule has 3 nitrogen and oxygen atoms in total. The van der Waals surface area contributed by atoms with Gasteiger partial charge in [-0.1, -0.05) is 4.40 Å². The van der Waals surface area contributed by atoms with Crippen LogP contribution < -0.4 is 0 Å². The number of ether oxygens (including phenoxy) is 1. The number of rotatable bonds is 2. The molecular formula is C12H23NO2S. The zero-order chi connectivity index (χ0) is 12.4. The van der Waals surface area contributed by atoms with Crippen molar-refractivity contribution in [3.63, 3.8) is 0 Å². The Balaban J connectivity index is 2.51. The summed E-state index contributed by atoms with van der Waals surface area (Å²) < 4.78 is 21.3. The van der Waals surface area contributed by atoms with Crippen LogP contribution in [-0.2, 0) is 16.1 Å². The van der Waals surface area contributed by atoms with Gasteiger partial charge in [0, 0.05) is 12.5 Å². The predicted octanol–water partition coefficient (Wildman–Crippen LogP) is 2.72. The Labute approximate surface area is 102 Å². The van der Waals surface area contributed by atoms with Crippen molar-refractivity contribution in [1.29, 1.82) is 0 Å². The van der Waals surface area contributed by atoms with E-state index in [1.54, 1.807) is 0 Å². The van der Waals surface area contributed by atoms with Gasteiger partial charge in [-0.3, -0.25) is 0 Å². The van der Waals surface area contributed by atoms with E-state index < -0.39 is 11.4 Å². The van der Waals surface area contributed by atoms with E-state index >= 15 is 0 Å². The molecule has 0 aromatic rings. The van der Waals surface area contributed by atoms with E-state index in [1.165, 1.54) is 0 Å². The van der Waals surface area contributed by atoms with Crippen LogP contribution in [0.2, 0.25) is 0 Å². The van der Waals surface area contributed by atoms with Crippen molar-refractivity contribution >= 4 is 17.6 Å². The van der Waals surface area contributed by atoms with Gasteiger partial charge < -0.3 is 9.29 Å². The molecule has 0 spiro atoms. The third-order valence-corrected chi connectivity index (χ3v) is 3.99. The first-order chi connectivity index (χ1) is 7.21. The predicted molar refractivity (Wildman–Crippen MR) is 69.1 cm³/mol. The molecule has 1 heterocycles. The van der Waals surface area contributed by atoms with Crippen molar-refractivity contribution in [3.8, 4) is 0 Å². The Hall–Kier alpha value is -0.0600. The Kier molecular flexibility index (Phi) is 4.43. The molecule has 0 radical (unpaired) electrons. The maximum atomic E-state index is 11.8. The maximum absolute atomic E-state index is 11.8. The van der Waals surface area contributed by atoms with Crippen LogP contribution in [0.1, 0.15) is 47.5 Å². The summed E-state index contributed by atoms with van der Waals surface area (Å²) in [6.45, 7) is 10.8. The molecule has 16 heavy (non-hydrogen) atoms. The molecule has 1 unspecified atom stereocenters. The highest BCUT2D eigenvalue weighted by Gasteiger charge is 2.30. The summed E-state index contributed by atoms with van der Waals surface area (Å²) in [6, 6.07) is 0. The lowest BCUT2D eigenvalue weighted by Crippen LogP contribution is -2.35. The Morgan fingerprint density at radius 3 is 2.56 bits per heavy atom. The fourth-order valence-electron chi connectivity index (χ4n) is 1.71. The molecule has 2 atom stereocenters. The lowest BCUT2D eigenvalue weighted by Gasteiger charge is -2.33. The molecular weight excluding hydrogens is 222 g/mol. The zero-order valence-corrected chi connectivity index (χ0v) is 11.8. The summed E-state index contributed by atoms with van der Waals surface area (Å²) in [5.41, 5.74) is -0.0713. The van der Waals surface area contributed by atoms with Gasteiger partial charge in [0.05, 0.1) is 11.8 Å². The summed E-state index contributed by atoms with van der Waals surface area (Å²) in [4.78, 5) is 0. The van der Waals surface area contributed by atoms with E-state index in [2.05, 4.69) is 18.2 Å². The zero-order valence-electron chi connectivity index (χ0n) is 10.9. The second-order valence-corrected chi connectivity index (χ2v) is 7.91. The third-order valence-electron chi connectivity index (χ3n) is 2.63. The first kappa shape index (κ1) is 14.0. The highest BCUT2D eigenvalue weighted by molar-refractivity contribution is 7.91. The van der Waals surface area contributed by atoms with Crippen LogP contribution in [0.3, 0.4) is 0 Å². The van der Waals surface area contributed by atoms with Gasteiger partial charge in [-0.15, -0.1) is 0 Å². The monoisotopic (exact) mass is 245 g/mol. The van der Waals surface area contributed by atoms with Gasteiger partial charge >= 0.3 is 0 Å². The molecule has 0 N–H and O–H groups in total. The van der Waals surface area contributed by atoms with Crippen molar-refractivity contribution in [3.05, 3.63) is 0 Å². The largest absolute Gasteiger partial charge is 0.591 e.